The van der Waals surface area contributed by atoms with Crippen molar-refractivity contribution >= 4 is 34.7 Å². The van der Waals surface area contributed by atoms with E-state index in [4.69, 9.17) is 0 Å². The highest BCUT2D eigenvalue weighted by atomic mass is 32.2. The molecule has 4 heterocycles. The highest BCUT2D eigenvalue weighted by Gasteiger charge is 2.22. The van der Waals surface area contributed by atoms with E-state index in [-0.39, 0.29) is 5.91 Å². The zero-order valence-corrected chi connectivity index (χ0v) is 15.2. The van der Waals surface area contributed by atoms with E-state index in [1.807, 2.05) is 17.2 Å². The quantitative estimate of drug-likeness (QED) is 0.704. The molecule has 1 aliphatic rings. The van der Waals surface area contributed by atoms with Gasteiger partial charge in [-0.15, -0.1) is 11.8 Å². The van der Waals surface area contributed by atoms with Crippen molar-refractivity contribution in [3.05, 3.63) is 36.5 Å². The fourth-order valence-electron chi connectivity index (χ4n) is 3.16. The Balaban J connectivity index is 1.51. The Bertz CT molecular complexity index is 928. The molecular weight excluding hydrogens is 350 g/mol. The Morgan fingerprint density at radius 1 is 1.15 bits per heavy atom. The summed E-state index contributed by atoms with van der Waals surface area (Å²) < 4.78 is 0. The largest absolute Gasteiger partial charge is 0.353 e. The number of nitrogens with zero attached hydrogens (tertiary/aromatic N) is 6. The van der Waals surface area contributed by atoms with E-state index in [1.165, 1.54) is 18.1 Å². The van der Waals surface area contributed by atoms with E-state index in [2.05, 4.69) is 29.8 Å². The highest BCUT2D eigenvalue weighted by Crippen LogP contribution is 2.21. The van der Waals surface area contributed by atoms with Gasteiger partial charge in [-0.05, 0) is 24.8 Å². The van der Waals surface area contributed by atoms with Gasteiger partial charge in [0.25, 0.3) is 5.91 Å². The molecule has 26 heavy (non-hydrogen) atoms. The minimum absolute atomic E-state index is 0.0546. The van der Waals surface area contributed by atoms with Crippen molar-refractivity contribution in [3.8, 4) is 0 Å². The molecule has 1 amide bonds. The van der Waals surface area contributed by atoms with Gasteiger partial charge < -0.3 is 14.8 Å². The van der Waals surface area contributed by atoms with Gasteiger partial charge in [-0.2, -0.15) is 0 Å². The summed E-state index contributed by atoms with van der Waals surface area (Å²) >= 11 is 1.54. The molecule has 4 rings (SSSR count). The summed E-state index contributed by atoms with van der Waals surface area (Å²) in [6.07, 6.45) is 7.69. The number of thioether (sulfide) groups is 1. The van der Waals surface area contributed by atoms with Crippen LogP contribution in [-0.2, 0) is 0 Å². The van der Waals surface area contributed by atoms with Gasteiger partial charge in [0.1, 0.15) is 11.8 Å². The Labute approximate surface area is 155 Å². The average molecular weight is 369 g/mol. The van der Waals surface area contributed by atoms with Gasteiger partial charge >= 0.3 is 0 Å². The van der Waals surface area contributed by atoms with Crippen LogP contribution in [-0.4, -0.2) is 68.2 Å². The molecule has 0 saturated carbocycles. The molecule has 3 aromatic rings. The maximum absolute atomic E-state index is 12.9. The van der Waals surface area contributed by atoms with Crippen LogP contribution in [0.2, 0.25) is 0 Å². The lowest BCUT2D eigenvalue weighted by Gasteiger charge is -2.23. The van der Waals surface area contributed by atoms with E-state index in [0.29, 0.717) is 17.8 Å². The first-order valence-electron chi connectivity index (χ1n) is 8.44. The second-order valence-corrected chi connectivity index (χ2v) is 6.84. The van der Waals surface area contributed by atoms with E-state index in [1.54, 1.807) is 18.6 Å². The van der Waals surface area contributed by atoms with Crippen molar-refractivity contribution in [3.63, 3.8) is 0 Å². The number of imidazole rings is 1. The number of carbonyl (C=O) groups excluding carboxylic acids is 1. The van der Waals surface area contributed by atoms with Gasteiger partial charge in [-0.25, -0.2) is 19.9 Å². The van der Waals surface area contributed by atoms with Crippen LogP contribution in [0.3, 0.4) is 0 Å². The number of carbonyl (C=O) groups is 1. The molecule has 134 valence electrons. The summed E-state index contributed by atoms with van der Waals surface area (Å²) in [5.74, 6) is 0.898. The van der Waals surface area contributed by atoms with Crippen LogP contribution in [0.1, 0.15) is 16.8 Å². The van der Waals surface area contributed by atoms with Crippen LogP contribution in [0.5, 0.6) is 0 Å². The smallest absolute Gasteiger partial charge is 0.254 e. The van der Waals surface area contributed by atoms with Crippen molar-refractivity contribution in [2.45, 2.75) is 11.4 Å². The van der Waals surface area contributed by atoms with Crippen LogP contribution < -0.4 is 4.90 Å². The van der Waals surface area contributed by atoms with Crippen LogP contribution in [0.15, 0.2) is 36.0 Å². The highest BCUT2D eigenvalue weighted by molar-refractivity contribution is 7.98. The van der Waals surface area contributed by atoms with E-state index < -0.39 is 0 Å². The SMILES string of the molecule is CSc1cc(C(=O)N2CCCN(c3ncnc4nc[nH]c34)CC2)ccn1. The number of hydrogen-bond donors (Lipinski definition) is 1. The monoisotopic (exact) mass is 369 g/mol. The van der Waals surface area contributed by atoms with Crippen molar-refractivity contribution in [2.24, 2.45) is 0 Å². The molecule has 0 unspecified atom stereocenters. The van der Waals surface area contributed by atoms with Gasteiger partial charge in [0.05, 0.1) is 11.4 Å². The third-order valence-corrected chi connectivity index (χ3v) is 5.12. The molecule has 9 heteroatoms. The Morgan fingerprint density at radius 3 is 2.96 bits per heavy atom. The second-order valence-electron chi connectivity index (χ2n) is 6.02. The molecule has 0 atom stereocenters. The Hall–Kier alpha value is -2.68. The summed E-state index contributed by atoms with van der Waals surface area (Å²) in [5, 5.41) is 0.856. The number of pyridine rings is 1. The summed E-state index contributed by atoms with van der Waals surface area (Å²) in [6, 6.07) is 3.64. The number of anilines is 1. The predicted molar refractivity (Wildman–Crippen MR) is 100 cm³/mol. The lowest BCUT2D eigenvalue weighted by molar-refractivity contribution is 0.0766. The first-order valence-corrected chi connectivity index (χ1v) is 9.67. The molecule has 8 nitrogen and oxygen atoms in total. The summed E-state index contributed by atoms with van der Waals surface area (Å²) in [5.41, 5.74) is 2.19. The predicted octanol–water partition coefficient (Wildman–Crippen LogP) is 1.82. The molecule has 0 radical (unpaired) electrons. The number of amides is 1. The van der Waals surface area contributed by atoms with Crippen LogP contribution >= 0.6 is 11.8 Å². The standard InChI is InChI=1S/C17H19N7OS/c1-26-13-9-12(3-4-18-13)17(25)24-6-2-5-23(7-8-24)16-14-15(20-10-19-14)21-11-22-16/h3-4,9-11H,2,5-8H2,1H3,(H,19,20,21,22). The average Bonchev–Trinajstić information content (AvgIpc) is 3.04. The molecule has 1 saturated heterocycles. The molecule has 0 bridgehead atoms. The van der Waals surface area contributed by atoms with E-state index in [9.17, 15) is 4.79 Å². The summed E-state index contributed by atoms with van der Waals surface area (Å²) in [4.78, 5) is 37.1. The Kier molecular flexibility index (Phi) is 4.70. The Morgan fingerprint density at radius 2 is 2.08 bits per heavy atom. The third kappa shape index (κ3) is 3.22. The third-order valence-electron chi connectivity index (χ3n) is 4.48. The van der Waals surface area contributed by atoms with Gasteiger partial charge in [-0.3, -0.25) is 4.79 Å². The first-order chi connectivity index (χ1) is 12.8. The van der Waals surface area contributed by atoms with Crippen LogP contribution in [0, 0.1) is 0 Å². The topological polar surface area (TPSA) is 90.9 Å². The molecule has 0 spiro atoms. The number of fused-ring (bicyclic) bond motifs is 1. The minimum atomic E-state index is 0.0546. The lowest BCUT2D eigenvalue weighted by Crippen LogP contribution is -2.35. The molecule has 3 aromatic heterocycles. The van der Waals surface area contributed by atoms with Crippen molar-refractivity contribution in [1.29, 1.82) is 0 Å². The maximum Gasteiger partial charge on any atom is 0.254 e. The summed E-state index contributed by atoms with van der Waals surface area (Å²) in [6.45, 7) is 2.93. The normalized spacial score (nSPS) is 15.3. The fraction of sp³-hybridized carbons (Fsp3) is 0.353. The zero-order chi connectivity index (χ0) is 17.9. The first kappa shape index (κ1) is 16.8. The lowest BCUT2D eigenvalue weighted by atomic mass is 10.2. The molecule has 1 fully saturated rings. The fourth-order valence-corrected chi connectivity index (χ4v) is 3.57. The molecule has 1 N–H and O–H groups in total. The minimum Gasteiger partial charge on any atom is -0.353 e. The van der Waals surface area contributed by atoms with Crippen LogP contribution in [0.25, 0.3) is 11.2 Å². The number of aromatic amines is 1. The number of rotatable bonds is 3. The van der Waals surface area contributed by atoms with Crippen molar-refractivity contribution in [2.75, 3.05) is 37.3 Å². The van der Waals surface area contributed by atoms with E-state index >= 15 is 0 Å². The van der Waals surface area contributed by atoms with E-state index in [0.717, 1.165) is 42.4 Å². The van der Waals surface area contributed by atoms with Gasteiger partial charge in [-0.1, -0.05) is 0 Å². The van der Waals surface area contributed by atoms with Crippen molar-refractivity contribution < 1.29 is 4.79 Å². The number of aromatic nitrogens is 5. The van der Waals surface area contributed by atoms with Crippen LogP contribution in [0.4, 0.5) is 5.82 Å². The number of nitrogens with one attached hydrogen (secondary N) is 1. The van der Waals surface area contributed by atoms with Gasteiger partial charge in [0, 0.05) is 37.9 Å². The number of hydrogen-bond acceptors (Lipinski definition) is 7. The van der Waals surface area contributed by atoms with Gasteiger partial charge in [0.2, 0.25) is 0 Å². The second kappa shape index (κ2) is 7.28. The summed E-state index contributed by atoms with van der Waals surface area (Å²) in [7, 11) is 0. The zero-order valence-electron chi connectivity index (χ0n) is 14.4. The molecule has 1 aliphatic heterocycles. The maximum atomic E-state index is 12.9. The number of H-pyrrole nitrogens is 1. The molecule has 0 aromatic carbocycles. The van der Waals surface area contributed by atoms with Gasteiger partial charge in [0.15, 0.2) is 11.5 Å². The van der Waals surface area contributed by atoms with Crippen molar-refractivity contribution in [1.82, 2.24) is 29.8 Å². The molecular formula is C17H19N7OS. The molecule has 0 aliphatic carbocycles.